The number of aryl methyl sites for hydroxylation is 2. The molecule has 1 N–H and O–H groups in total. The third-order valence-electron chi connectivity index (χ3n) is 4.60. The second-order valence-electron chi connectivity index (χ2n) is 6.89. The highest BCUT2D eigenvalue weighted by Crippen LogP contribution is 2.32. The maximum absolute atomic E-state index is 12.3. The second kappa shape index (κ2) is 8.86. The normalized spacial score (nSPS) is 12.0. The monoisotopic (exact) mass is 413 g/mol. The third-order valence-corrected chi connectivity index (χ3v) is 5.82. The lowest BCUT2D eigenvalue weighted by Gasteiger charge is -2.20. The Balaban J connectivity index is 1.76. The van der Waals surface area contributed by atoms with Crippen LogP contribution in [0.15, 0.2) is 47.8 Å². The molecule has 146 valence electrons. The summed E-state index contributed by atoms with van der Waals surface area (Å²) in [5.41, 5.74) is 5.05. The minimum atomic E-state index is -0.0507. The van der Waals surface area contributed by atoms with E-state index in [1.807, 2.05) is 55.6 Å². The molecule has 1 amide bonds. The molecule has 0 fully saturated rings. The van der Waals surface area contributed by atoms with Crippen LogP contribution < -0.4 is 10.2 Å². The summed E-state index contributed by atoms with van der Waals surface area (Å²) in [7, 11) is 0. The summed E-state index contributed by atoms with van der Waals surface area (Å²) in [6.45, 7) is 8.30. The molecule has 0 saturated heterocycles. The fourth-order valence-corrected chi connectivity index (χ4v) is 4.32. The van der Waals surface area contributed by atoms with Crippen LogP contribution in [0.4, 0.5) is 10.8 Å². The zero-order chi connectivity index (χ0) is 20.3. The van der Waals surface area contributed by atoms with Gasteiger partial charge >= 0.3 is 0 Å². The van der Waals surface area contributed by atoms with E-state index in [0.29, 0.717) is 11.7 Å². The molecule has 0 aliphatic heterocycles. The van der Waals surface area contributed by atoms with Crippen LogP contribution in [0.5, 0.6) is 0 Å². The van der Waals surface area contributed by atoms with E-state index in [9.17, 15) is 4.79 Å². The van der Waals surface area contributed by atoms with Crippen LogP contribution in [0.2, 0.25) is 5.02 Å². The van der Waals surface area contributed by atoms with E-state index in [0.717, 1.165) is 27.5 Å². The molecule has 0 unspecified atom stereocenters. The van der Waals surface area contributed by atoms with Crippen molar-refractivity contribution in [3.8, 4) is 0 Å². The molecule has 0 radical (unpaired) electrons. The SMILES string of the molecule is CC(=O)N(c1nc(CN[C@H](C)c2ccccc2Cl)cs1)c1ccc(C)cc1C. The molecular formula is C22H24ClN3OS. The van der Waals surface area contributed by atoms with E-state index >= 15 is 0 Å². The van der Waals surface area contributed by atoms with Crippen molar-refractivity contribution in [2.45, 2.75) is 40.3 Å². The molecule has 28 heavy (non-hydrogen) atoms. The smallest absolute Gasteiger partial charge is 0.230 e. The Morgan fingerprint density at radius 1 is 1.25 bits per heavy atom. The number of aromatic nitrogens is 1. The van der Waals surface area contributed by atoms with Crippen LogP contribution in [0.25, 0.3) is 0 Å². The number of benzene rings is 2. The highest BCUT2D eigenvalue weighted by atomic mass is 35.5. The molecule has 0 spiro atoms. The Labute approximate surface area is 175 Å². The van der Waals surface area contributed by atoms with Crippen molar-refractivity contribution in [3.63, 3.8) is 0 Å². The molecule has 1 atom stereocenters. The number of hydrogen-bond acceptors (Lipinski definition) is 4. The molecule has 0 bridgehead atoms. The van der Waals surface area contributed by atoms with Gasteiger partial charge in [-0.1, -0.05) is 47.5 Å². The first kappa shape index (κ1) is 20.5. The fourth-order valence-electron chi connectivity index (χ4n) is 3.14. The number of carbonyl (C=O) groups is 1. The molecule has 3 aromatic rings. The summed E-state index contributed by atoms with van der Waals surface area (Å²) in [4.78, 5) is 18.7. The van der Waals surface area contributed by atoms with Gasteiger partial charge in [0, 0.05) is 29.9 Å². The van der Waals surface area contributed by atoms with Gasteiger partial charge in [0.05, 0.1) is 11.4 Å². The molecule has 3 rings (SSSR count). The first-order chi connectivity index (χ1) is 13.4. The van der Waals surface area contributed by atoms with Crippen LogP contribution in [0.3, 0.4) is 0 Å². The number of rotatable bonds is 6. The lowest BCUT2D eigenvalue weighted by atomic mass is 10.1. The predicted molar refractivity (Wildman–Crippen MR) is 118 cm³/mol. The minimum absolute atomic E-state index is 0.0507. The van der Waals surface area contributed by atoms with Crippen molar-refractivity contribution in [2.24, 2.45) is 0 Å². The first-order valence-corrected chi connectivity index (χ1v) is 10.4. The highest BCUT2D eigenvalue weighted by Gasteiger charge is 2.20. The van der Waals surface area contributed by atoms with Gasteiger partial charge in [-0.3, -0.25) is 9.69 Å². The van der Waals surface area contributed by atoms with E-state index in [4.69, 9.17) is 11.6 Å². The van der Waals surface area contributed by atoms with Gasteiger partial charge in [0.1, 0.15) is 0 Å². The van der Waals surface area contributed by atoms with Crippen LogP contribution >= 0.6 is 22.9 Å². The van der Waals surface area contributed by atoms with Crippen molar-refractivity contribution in [3.05, 3.63) is 75.3 Å². The largest absolute Gasteiger partial charge is 0.304 e. The van der Waals surface area contributed by atoms with Crippen molar-refractivity contribution in [1.29, 1.82) is 0 Å². The van der Waals surface area contributed by atoms with E-state index in [1.165, 1.54) is 16.9 Å². The number of nitrogens with zero attached hydrogens (tertiary/aromatic N) is 2. The zero-order valence-electron chi connectivity index (χ0n) is 16.5. The number of carbonyl (C=O) groups excluding carboxylic acids is 1. The van der Waals surface area contributed by atoms with Gasteiger partial charge in [-0.05, 0) is 44.0 Å². The summed E-state index contributed by atoms with van der Waals surface area (Å²) in [6.07, 6.45) is 0. The van der Waals surface area contributed by atoms with Gasteiger partial charge < -0.3 is 5.32 Å². The number of nitrogens with one attached hydrogen (secondary N) is 1. The Morgan fingerprint density at radius 3 is 2.68 bits per heavy atom. The maximum Gasteiger partial charge on any atom is 0.230 e. The number of halogens is 1. The fraction of sp³-hybridized carbons (Fsp3) is 0.273. The van der Waals surface area contributed by atoms with Gasteiger partial charge in [0.15, 0.2) is 5.13 Å². The van der Waals surface area contributed by atoms with E-state index < -0.39 is 0 Å². The quantitative estimate of drug-likeness (QED) is 0.543. The Kier molecular flexibility index (Phi) is 6.50. The second-order valence-corrected chi connectivity index (χ2v) is 8.13. The Hall–Kier alpha value is -2.21. The summed E-state index contributed by atoms with van der Waals surface area (Å²) in [5.74, 6) is -0.0507. The molecule has 6 heteroatoms. The van der Waals surface area contributed by atoms with Gasteiger partial charge in [-0.2, -0.15) is 0 Å². The topological polar surface area (TPSA) is 45.2 Å². The molecular weight excluding hydrogens is 390 g/mol. The summed E-state index contributed by atoms with van der Waals surface area (Å²) >= 11 is 7.75. The maximum atomic E-state index is 12.3. The van der Waals surface area contributed by atoms with Crippen LogP contribution in [0, 0.1) is 13.8 Å². The van der Waals surface area contributed by atoms with E-state index in [1.54, 1.807) is 11.8 Å². The standard InChI is InChI=1S/C22H24ClN3OS/c1-14-9-10-21(15(2)11-14)26(17(4)27)22-25-18(13-28-22)12-24-16(3)19-7-5-6-8-20(19)23/h5-11,13,16,24H,12H2,1-4H3/t16-/m1/s1. The lowest BCUT2D eigenvalue weighted by Crippen LogP contribution is -2.24. The van der Waals surface area contributed by atoms with E-state index in [2.05, 4.69) is 23.3 Å². The third kappa shape index (κ3) is 4.61. The average molecular weight is 414 g/mol. The highest BCUT2D eigenvalue weighted by molar-refractivity contribution is 7.14. The molecule has 2 aromatic carbocycles. The van der Waals surface area contributed by atoms with Crippen molar-refractivity contribution in [2.75, 3.05) is 4.90 Å². The Morgan fingerprint density at radius 2 is 2.00 bits per heavy atom. The van der Waals surface area contributed by atoms with E-state index in [-0.39, 0.29) is 11.9 Å². The lowest BCUT2D eigenvalue weighted by molar-refractivity contribution is -0.115. The van der Waals surface area contributed by atoms with Gasteiger partial charge in [0.25, 0.3) is 0 Å². The van der Waals surface area contributed by atoms with Gasteiger partial charge in [0.2, 0.25) is 5.91 Å². The number of thiazole rings is 1. The number of hydrogen-bond donors (Lipinski definition) is 1. The van der Waals surface area contributed by atoms with Crippen molar-refractivity contribution < 1.29 is 4.79 Å². The van der Waals surface area contributed by atoms with Crippen LogP contribution in [-0.4, -0.2) is 10.9 Å². The Bertz CT molecular complexity index is 985. The van der Waals surface area contributed by atoms with Crippen molar-refractivity contribution >= 4 is 39.7 Å². The molecule has 0 aliphatic rings. The minimum Gasteiger partial charge on any atom is -0.304 e. The average Bonchev–Trinajstić information content (AvgIpc) is 3.10. The molecule has 1 aromatic heterocycles. The van der Waals surface area contributed by atoms with Crippen molar-refractivity contribution in [1.82, 2.24) is 10.3 Å². The molecule has 0 aliphatic carbocycles. The molecule has 0 saturated carbocycles. The first-order valence-electron chi connectivity index (χ1n) is 9.17. The number of anilines is 2. The zero-order valence-corrected chi connectivity index (χ0v) is 18.1. The summed E-state index contributed by atoms with van der Waals surface area (Å²) in [5, 5.41) is 6.87. The van der Waals surface area contributed by atoms with Gasteiger partial charge in [-0.15, -0.1) is 11.3 Å². The van der Waals surface area contributed by atoms with Crippen LogP contribution in [0.1, 0.15) is 42.3 Å². The molecule has 1 heterocycles. The predicted octanol–water partition coefficient (Wildman–Crippen LogP) is 5.95. The summed E-state index contributed by atoms with van der Waals surface area (Å²) < 4.78 is 0. The number of amides is 1. The molecule has 4 nitrogen and oxygen atoms in total. The van der Waals surface area contributed by atoms with Gasteiger partial charge in [-0.25, -0.2) is 4.98 Å². The summed E-state index contributed by atoms with van der Waals surface area (Å²) in [6, 6.07) is 14.0. The van der Waals surface area contributed by atoms with Crippen LogP contribution in [-0.2, 0) is 11.3 Å².